The summed E-state index contributed by atoms with van der Waals surface area (Å²) in [5.41, 5.74) is 1.02. The van der Waals surface area contributed by atoms with Crippen molar-refractivity contribution in [2.75, 3.05) is 32.8 Å². The van der Waals surface area contributed by atoms with Gasteiger partial charge in [0.1, 0.15) is 5.75 Å². The van der Waals surface area contributed by atoms with Gasteiger partial charge in [0, 0.05) is 32.1 Å². The summed E-state index contributed by atoms with van der Waals surface area (Å²) in [6.45, 7) is 4.52. The molecule has 2 aliphatic rings. The Hall–Kier alpha value is -2.04. The van der Waals surface area contributed by atoms with Crippen molar-refractivity contribution in [1.82, 2.24) is 9.80 Å². The summed E-state index contributed by atoms with van der Waals surface area (Å²) in [6, 6.07) is 7.68. The number of para-hydroxylation sites is 1. The van der Waals surface area contributed by atoms with E-state index in [1.54, 1.807) is 4.90 Å². The highest BCUT2D eigenvalue weighted by Gasteiger charge is 2.32. The van der Waals surface area contributed by atoms with Gasteiger partial charge in [-0.3, -0.25) is 9.59 Å². The molecule has 0 bridgehead atoms. The summed E-state index contributed by atoms with van der Waals surface area (Å²) in [5, 5.41) is 0. The number of hydrogen-bond donors (Lipinski definition) is 0. The second-order valence-corrected chi connectivity index (χ2v) is 6.39. The zero-order chi connectivity index (χ0) is 16.2. The van der Waals surface area contributed by atoms with Crippen molar-refractivity contribution in [1.29, 1.82) is 0 Å². The molecule has 23 heavy (non-hydrogen) atoms. The number of ether oxygens (including phenoxy) is 1. The van der Waals surface area contributed by atoms with Gasteiger partial charge in [0.05, 0.1) is 0 Å². The number of amides is 2. The standard InChI is InChI=1S/C18H24N2O3/c1-14-5-2-3-8-16(14)23-13-17(21)19-9-11-20(12-10-19)18(22)15-6-4-7-15/h2-3,5,8,15H,4,6-7,9-13H2,1H3. The third-order valence-corrected chi connectivity index (χ3v) is 4.84. The van der Waals surface area contributed by atoms with Gasteiger partial charge >= 0.3 is 0 Å². The van der Waals surface area contributed by atoms with Crippen LogP contribution in [0.1, 0.15) is 24.8 Å². The molecule has 1 aromatic carbocycles. The Labute approximate surface area is 137 Å². The fourth-order valence-corrected chi connectivity index (χ4v) is 3.04. The molecule has 2 fully saturated rings. The number of rotatable bonds is 4. The van der Waals surface area contributed by atoms with Gasteiger partial charge in [-0.15, -0.1) is 0 Å². The number of carbonyl (C=O) groups excluding carboxylic acids is 2. The molecule has 1 saturated carbocycles. The third-order valence-electron chi connectivity index (χ3n) is 4.84. The van der Waals surface area contributed by atoms with Gasteiger partial charge in [0.15, 0.2) is 6.61 Å². The van der Waals surface area contributed by atoms with E-state index in [4.69, 9.17) is 4.74 Å². The maximum atomic E-state index is 12.3. The van der Waals surface area contributed by atoms with Crippen molar-refractivity contribution in [2.24, 2.45) is 5.92 Å². The lowest BCUT2D eigenvalue weighted by molar-refractivity contribution is -0.144. The van der Waals surface area contributed by atoms with Crippen LogP contribution in [-0.4, -0.2) is 54.4 Å². The molecule has 3 rings (SSSR count). The highest BCUT2D eigenvalue weighted by atomic mass is 16.5. The topological polar surface area (TPSA) is 49.9 Å². The summed E-state index contributed by atoms with van der Waals surface area (Å²) < 4.78 is 5.62. The monoisotopic (exact) mass is 316 g/mol. The van der Waals surface area contributed by atoms with Crippen LogP contribution in [0, 0.1) is 12.8 Å². The van der Waals surface area contributed by atoms with E-state index in [1.807, 2.05) is 36.1 Å². The molecule has 1 aliphatic carbocycles. The minimum absolute atomic E-state index is 0.0102. The molecule has 0 radical (unpaired) electrons. The van der Waals surface area contributed by atoms with Crippen LogP contribution < -0.4 is 4.74 Å². The van der Waals surface area contributed by atoms with Crippen molar-refractivity contribution in [3.05, 3.63) is 29.8 Å². The maximum absolute atomic E-state index is 12.3. The molecule has 1 saturated heterocycles. The number of piperazine rings is 1. The van der Waals surface area contributed by atoms with Gasteiger partial charge in [0.2, 0.25) is 5.91 Å². The summed E-state index contributed by atoms with van der Waals surface area (Å²) in [5.74, 6) is 1.25. The normalized spacial score (nSPS) is 18.5. The molecule has 5 heteroatoms. The van der Waals surface area contributed by atoms with Gasteiger partial charge < -0.3 is 14.5 Å². The van der Waals surface area contributed by atoms with Crippen LogP contribution >= 0.6 is 0 Å². The van der Waals surface area contributed by atoms with E-state index in [1.165, 1.54) is 6.42 Å². The number of benzene rings is 1. The fourth-order valence-electron chi connectivity index (χ4n) is 3.04. The molecule has 1 heterocycles. The Morgan fingerprint density at radius 2 is 1.74 bits per heavy atom. The molecule has 2 amide bonds. The van der Waals surface area contributed by atoms with Crippen LogP contribution in [0.2, 0.25) is 0 Å². The molecule has 0 atom stereocenters. The molecular weight excluding hydrogens is 292 g/mol. The fraction of sp³-hybridized carbons (Fsp3) is 0.556. The van der Waals surface area contributed by atoms with E-state index in [9.17, 15) is 9.59 Å². The number of aryl methyl sites for hydroxylation is 1. The van der Waals surface area contributed by atoms with Crippen molar-refractivity contribution in [3.8, 4) is 5.75 Å². The van der Waals surface area contributed by atoms with Crippen LogP contribution in [0.25, 0.3) is 0 Å². The second-order valence-electron chi connectivity index (χ2n) is 6.39. The van der Waals surface area contributed by atoms with Gasteiger partial charge in [-0.2, -0.15) is 0 Å². The van der Waals surface area contributed by atoms with E-state index >= 15 is 0 Å². The Kier molecular flexibility index (Phi) is 4.84. The lowest BCUT2D eigenvalue weighted by atomic mass is 9.84. The molecule has 1 aliphatic heterocycles. The molecule has 124 valence electrons. The Morgan fingerprint density at radius 3 is 2.35 bits per heavy atom. The SMILES string of the molecule is Cc1ccccc1OCC(=O)N1CCN(C(=O)C2CCC2)CC1. The lowest BCUT2D eigenvalue weighted by Crippen LogP contribution is -2.53. The molecule has 0 aromatic heterocycles. The number of hydrogen-bond acceptors (Lipinski definition) is 3. The zero-order valence-electron chi connectivity index (χ0n) is 13.7. The Bertz CT molecular complexity index is 575. The Morgan fingerprint density at radius 1 is 1.09 bits per heavy atom. The quantitative estimate of drug-likeness (QED) is 0.852. The molecular formula is C18H24N2O3. The first-order chi connectivity index (χ1) is 11.1. The number of carbonyl (C=O) groups is 2. The summed E-state index contributed by atoms with van der Waals surface area (Å²) in [4.78, 5) is 28.2. The van der Waals surface area contributed by atoms with Crippen molar-refractivity contribution >= 4 is 11.8 Å². The first-order valence-corrected chi connectivity index (χ1v) is 8.40. The smallest absolute Gasteiger partial charge is 0.260 e. The lowest BCUT2D eigenvalue weighted by Gasteiger charge is -2.38. The zero-order valence-corrected chi connectivity index (χ0v) is 13.7. The van der Waals surface area contributed by atoms with Crippen LogP contribution in [0.3, 0.4) is 0 Å². The highest BCUT2D eigenvalue weighted by Crippen LogP contribution is 2.28. The van der Waals surface area contributed by atoms with Crippen molar-refractivity contribution in [2.45, 2.75) is 26.2 Å². The van der Waals surface area contributed by atoms with Gasteiger partial charge in [0.25, 0.3) is 5.91 Å². The van der Waals surface area contributed by atoms with Crippen LogP contribution in [0.5, 0.6) is 5.75 Å². The Balaban J connectivity index is 1.45. The van der Waals surface area contributed by atoms with Crippen LogP contribution in [0.15, 0.2) is 24.3 Å². The van der Waals surface area contributed by atoms with Gasteiger partial charge in [-0.05, 0) is 31.4 Å². The molecule has 1 aromatic rings. The molecule has 0 spiro atoms. The van der Waals surface area contributed by atoms with E-state index in [2.05, 4.69) is 0 Å². The second kappa shape index (κ2) is 7.02. The van der Waals surface area contributed by atoms with Gasteiger partial charge in [-0.25, -0.2) is 0 Å². The van der Waals surface area contributed by atoms with E-state index < -0.39 is 0 Å². The largest absolute Gasteiger partial charge is 0.484 e. The minimum atomic E-state index is -0.0102. The molecule has 0 N–H and O–H groups in total. The third kappa shape index (κ3) is 3.66. The summed E-state index contributed by atoms with van der Waals surface area (Å²) in [7, 11) is 0. The average Bonchev–Trinajstić information content (AvgIpc) is 2.52. The van der Waals surface area contributed by atoms with Crippen molar-refractivity contribution in [3.63, 3.8) is 0 Å². The minimum Gasteiger partial charge on any atom is -0.484 e. The van der Waals surface area contributed by atoms with Crippen molar-refractivity contribution < 1.29 is 14.3 Å². The van der Waals surface area contributed by atoms with Crippen LogP contribution in [-0.2, 0) is 9.59 Å². The first-order valence-electron chi connectivity index (χ1n) is 8.40. The number of nitrogens with zero attached hydrogens (tertiary/aromatic N) is 2. The molecule has 5 nitrogen and oxygen atoms in total. The predicted molar refractivity (Wildman–Crippen MR) is 87.2 cm³/mol. The maximum Gasteiger partial charge on any atom is 0.260 e. The van der Waals surface area contributed by atoms with E-state index in [-0.39, 0.29) is 24.3 Å². The van der Waals surface area contributed by atoms with Gasteiger partial charge in [-0.1, -0.05) is 24.6 Å². The van der Waals surface area contributed by atoms with E-state index in [0.29, 0.717) is 26.2 Å². The summed E-state index contributed by atoms with van der Waals surface area (Å²) >= 11 is 0. The predicted octanol–water partition coefficient (Wildman–Crippen LogP) is 1.84. The first kappa shape index (κ1) is 15.8. The molecule has 0 unspecified atom stereocenters. The highest BCUT2D eigenvalue weighted by molar-refractivity contribution is 5.81. The van der Waals surface area contributed by atoms with E-state index in [0.717, 1.165) is 24.2 Å². The summed E-state index contributed by atoms with van der Waals surface area (Å²) in [6.07, 6.45) is 3.23. The van der Waals surface area contributed by atoms with Crippen LogP contribution in [0.4, 0.5) is 0 Å². The average molecular weight is 316 g/mol.